The molecule has 102 valence electrons. The molecule has 1 aromatic rings. The largest absolute Gasteiger partial charge is 0.317 e. The van der Waals surface area contributed by atoms with E-state index in [-0.39, 0.29) is 5.92 Å². The van der Waals surface area contributed by atoms with Gasteiger partial charge in [0.1, 0.15) is 0 Å². The van der Waals surface area contributed by atoms with Crippen LogP contribution in [0.3, 0.4) is 0 Å². The van der Waals surface area contributed by atoms with Gasteiger partial charge in [-0.15, -0.1) is 0 Å². The molecule has 2 heteroatoms. The number of nitrogens with one attached hydrogen (secondary N) is 1. The lowest BCUT2D eigenvalue weighted by molar-refractivity contribution is 0.0895. The Hall–Kier alpha value is -1.15. The van der Waals surface area contributed by atoms with Gasteiger partial charge in [-0.3, -0.25) is 4.79 Å². The summed E-state index contributed by atoms with van der Waals surface area (Å²) in [5.74, 6) is 0.547. The molecule has 1 aliphatic heterocycles. The summed E-state index contributed by atoms with van der Waals surface area (Å²) in [6.45, 7) is 9.95. The van der Waals surface area contributed by atoms with E-state index in [4.69, 9.17) is 0 Å². The highest BCUT2D eigenvalue weighted by Crippen LogP contribution is 2.17. The lowest BCUT2D eigenvalue weighted by Crippen LogP contribution is -2.31. The van der Waals surface area contributed by atoms with Gasteiger partial charge in [-0.2, -0.15) is 0 Å². The summed E-state index contributed by atoms with van der Waals surface area (Å²) in [5.41, 5.74) is 0.861. The molecular formula is C16H27NO. The van der Waals surface area contributed by atoms with Crippen molar-refractivity contribution < 1.29 is 4.79 Å². The monoisotopic (exact) mass is 249 g/mol. The van der Waals surface area contributed by atoms with Crippen molar-refractivity contribution in [1.29, 1.82) is 0 Å². The number of piperidine rings is 1. The number of carbonyl (C=O) groups is 1. The second kappa shape index (κ2) is 11.0. The number of hydrogen-bond donors (Lipinski definition) is 1. The van der Waals surface area contributed by atoms with Crippen LogP contribution in [-0.2, 0) is 0 Å². The van der Waals surface area contributed by atoms with Gasteiger partial charge in [-0.05, 0) is 25.9 Å². The third-order valence-corrected chi connectivity index (χ3v) is 2.77. The minimum absolute atomic E-state index is 0.235. The summed E-state index contributed by atoms with van der Waals surface area (Å²) < 4.78 is 0. The Balaban J connectivity index is 0.000000659. The molecule has 0 unspecified atom stereocenters. The molecule has 0 atom stereocenters. The van der Waals surface area contributed by atoms with Crippen LogP contribution in [0.25, 0.3) is 0 Å². The van der Waals surface area contributed by atoms with Crippen molar-refractivity contribution in [2.75, 3.05) is 13.1 Å². The molecule has 0 spiro atoms. The quantitative estimate of drug-likeness (QED) is 0.805. The van der Waals surface area contributed by atoms with Gasteiger partial charge >= 0.3 is 0 Å². The maximum absolute atomic E-state index is 12.0. The fourth-order valence-electron chi connectivity index (χ4n) is 1.92. The van der Waals surface area contributed by atoms with Gasteiger partial charge in [0.15, 0.2) is 5.78 Å². The fraction of sp³-hybridized carbons (Fsp3) is 0.562. The third-order valence-electron chi connectivity index (χ3n) is 2.77. The van der Waals surface area contributed by atoms with Gasteiger partial charge in [0, 0.05) is 11.5 Å². The Morgan fingerprint density at radius 1 is 1.00 bits per heavy atom. The fourth-order valence-corrected chi connectivity index (χ4v) is 1.92. The van der Waals surface area contributed by atoms with Crippen molar-refractivity contribution in [2.24, 2.45) is 5.92 Å². The lowest BCUT2D eigenvalue weighted by Gasteiger charge is -2.21. The van der Waals surface area contributed by atoms with Crippen molar-refractivity contribution in [1.82, 2.24) is 5.32 Å². The lowest BCUT2D eigenvalue weighted by atomic mass is 9.90. The van der Waals surface area contributed by atoms with Crippen LogP contribution in [0.4, 0.5) is 0 Å². The van der Waals surface area contributed by atoms with Crippen LogP contribution in [0.1, 0.15) is 50.9 Å². The highest BCUT2D eigenvalue weighted by Gasteiger charge is 2.21. The van der Waals surface area contributed by atoms with Gasteiger partial charge in [0.25, 0.3) is 0 Å². The highest BCUT2D eigenvalue weighted by molar-refractivity contribution is 5.97. The Kier molecular flexibility index (Phi) is 10.3. The number of hydrogen-bond acceptors (Lipinski definition) is 2. The van der Waals surface area contributed by atoms with E-state index in [0.717, 1.165) is 31.5 Å². The van der Waals surface area contributed by atoms with Gasteiger partial charge < -0.3 is 5.32 Å². The van der Waals surface area contributed by atoms with E-state index in [2.05, 4.69) is 5.32 Å². The number of rotatable bonds is 2. The molecule has 0 bridgehead atoms. The maximum Gasteiger partial charge on any atom is 0.166 e. The molecule has 0 aliphatic carbocycles. The summed E-state index contributed by atoms with van der Waals surface area (Å²) in [7, 11) is 0. The van der Waals surface area contributed by atoms with Crippen LogP contribution in [0.5, 0.6) is 0 Å². The van der Waals surface area contributed by atoms with Gasteiger partial charge in [-0.25, -0.2) is 0 Å². The molecule has 1 aromatic carbocycles. The van der Waals surface area contributed by atoms with Crippen molar-refractivity contribution in [3.05, 3.63) is 35.9 Å². The second-order valence-electron chi connectivity index (χ2n) is 3.75. The normalized spacial score (nSPS) is 14.7. The SMILES string of the molecule is CC.CC.O=C(c1ccccc1)C1CCNCC1. The van der Waals surface area contributed by atoms with Crippen LogP contribution < -0.4 is 5.32 Å². The molecular weight excluding hydrogens is 222 g/mol. The third kappa shape index (κ3) is 5.46. The molecule has 2 rings (SSSR count). The first kappa shape index (κ1) is 16.9. The Labute approximate surface area is 112 Å². The van der Waals surface area contributed by atoms with E-state index >= 15 is 0 Å². The van der Waals surface area contributed by atoms with Crippen LogP contribution in [0.15, 0.2) is 30.3 Å². The topological polar surface area (TPSA) is 29.1 Å². The summed E-state index contributed by atoms with van der Waals surface area (Å²) >= 11 is 0. The van der Waals surface area contributed by atoms with E-state index < -0.39 is 0 Å². The summed E-state index contributed by atoms with van der Waals surface area (Å²) in [6.07, 6.45) is 1.96. The van der Waals surface area contributed by atoms with Crippen molar-refractivity contribution in [3.63, 3.8) is 0 Å². The summed E-state index contributed by atoms with van der Waals surface area (Å²) in [5, 5.41) is 3.27. The number of ketones is 1. The molecule has 18 heavy (non-hydrogen) atoms. The van der Waals surface area contributed by atoms with Crippen LogP contribution in [0.2, 0.25) is 0 Å². The van der Waals surface area contributed by atoms with Gasteiger partial charge in [0.05, 0.1) is 0 Å². The first-order valence-corrected chi connectivity index (χ1v) is 7.18. The molecule has 1 N–H and O–H groups in total. The standard InChI is InChI=1S/C12H15NO.2C2H6/c14-12(10-4-2-1-3-5-10)11-6-8-13-9-7-11;2*1-2/h1-5,11,13H,6-9H2;2*1-2H3. The van der Waals surface area contributed by atoms with Gasteiger partial charge in [0.2, 0.25) is 0 Å². The predicted molar refractivity (Wildman–Crippen MR) is 79.1 cm³/mol. The van der Waals surface area contributed by atoms with E-state index in [1.54, 1.807) is 0 Å². The molecule has 1 aliphatic rings. The van der Waals surface area contributed by atoms with Crippen molar-refractivity contribution in [2.45, 2.75) is 40.5 Å². The minimum Gasteiger partial charge on any atom is -0.317 e. The van der Waals surface area contributed by atoms with Crippen LogP contribution in [0, 0.1) is 5.92 Å². The average Bonchev–Trinajstić information content (AvgIpc) is 2.52. The molecule has 0 aromatic heterocycles. The zero-order valence-corrected chi connectivity index (χ0v) is 12.2. The average molecular weight is 249 g/mol. The predicted octanol–water partition coefficient (Wildman–Crippen LogP) is 3.92. The van der Waals surface area contributed by atoms with E-state index in [1.807, 2.05) is 58.0 Å². The Morgan fingerprint density at radius 2 is 1.50 bits per heavy atom. The Bertz CT molecular complexity index is 302. The van der Waals surface area contributed by atoms with E-state index in [1.165, 1.54) is 0 Å². The molecule has 1 heterocycles. The molecule has 0 saturated carbocycles. The van der Waals surface area contributed by atoms with Crippen LogP contribution in [-0.4, -0.2) is 18.9 Å². The van der Waals surface area contributed by atoms with Crippen molar-refractivity contribution in [3.8, 4) is 0 Å². The second-order valence-corrected chi connectivity index (χ2v) is 3.75. The first-order chi connectivity index (χ1) is 8.88. The number of benzene rings is 1. The van der Waals surface area contributed by atoms with E-state index in [0.29, 0.717) is 5.78 Å². The molecule has 2 nitrogen and oxygen atoms in total. The highest BCUT2D eigenvalue weighted by atomic mass is 16.1. The zero-order valence-electron chi connectivity index (χ0n) is 12.2. The smallest absolute Gasteiger partial charge is 0.166 e. The van der Waals surface area contributed by atoms with Crippen molar-refractivity contribution >= 4 is 5.78 Å². The summed E-state index contributed by atoms with van der Waals surface area (Å²) in [4.78, 5) is 12.0. The molecule has 0 radical (unpaired) electrons. The summed E-state index contributed by atoms with van der Waals surface area (Å²) in [6, 6.07) is 9.61. The number of carbonyl (C=O) groups excluding carboxylic acids is 1. The van der Waals surface area contributed by atoms with Gasteiger partial charge in [-0.1, -0.05) is 58.0 Å². The maximum atomic E-state index is 12.0. The first-order valence-electron chi connectivity index (χ1n) is 7.18. The Morgan fingerprint density at radius 3 is 2.00 bits per heavy atom. The van der Waals surface area contributed by atoms with Crippen LogP contribution >= 0.6 is 0 Å². The zero-order chi connectivity index (χ0) is 13.8. The molecule has 1 fully saturated rings. The molecule has 1 saturated heterocycles. The minimum atomic E-state index is 0.235. The van der Waals surface area contributed by atoms with E-state index in [9.17, 15) is 4.79 Å². The number of Topliss-reactive ketones (excluding diaryl/α,β-unsaturated/α-hetero) is 1. The molecule has 0 amide bonds.